The van der Waals surface area contributed by atoms with Gasteiger partial charge in [0.05, 0.1) is 11.3 Å². The largest absolute Gasteiger partial charge is 0.504 e. The van der Waals surface area contributed by atoms with Crippen LogP contribution in [0.3, 0.4) is 0 Å². The minimum absolute atomic E-state index is 0.199. The normalized spacial score (nSPS) is 22.9. The fraction of sp³-hybridized carbons (Fsp3) is 0.214. The van der Waals surface area contributed by atoms with Crippen LogP contribution in [-0.4, -0.2) is 45.1 Å². The maximum atomic E-state index is 12.7. The Morgan fingerprint density at radius 3 is 2.55 bits per heavy atom. The molecule has 2 heterocycles. The second-order valence-corrected chi connectivity index (χ2v) is 4.96. The van der Waals surface area contributed by atoms with Gasteiger partial charge in [0.1, 0.15) is 17.9 Å². The molecule has 0 aliphatic carbocycles. The summed E-state index contributed by atoms with van der Waals surface area (Å²) in [7, 11) is 0. The number of ketones is 2. The molecule has 114 valence electrons. The van der Waals surface area contributed by atoms with Crippen molar-refractivity contribution in [1.29, 1.82) is 0 Å². The number of carbonyl (C=O) groups is 3. The maximum Gasteiger partial charge on any atom is 0.340 e. The lowest BCUT2D eigenvalue weighted by Gasteiger charge is -2.32. The van der Waals surface area contributed by atoms with Crippen LogP contribution in [0.5, 0.6) is 17.2 Å². The van der Waals surface area contributed by atoms with E-state index in [0.29, 0.717) is 0 Å². The number of benzene rings is 1. The molecule has 0 radical (unpaired) electrons. The van der Waals surface area contributed by atoms with Crippen LogP contribution in [0, 0.1) is 0 Å². The number of allylic oxidation sites excluding steroid dienone is 1. The van der Waals surface area contributed by atoms with E-state index in [1.54, 1.807) is 0 Å². The number of phenolic OH excluding ortho intramolecular Hbond substituents is 1. The number of fused-ring (bicyclic) bond motifs is 1. The second kappa shape index (κ2) is 4.23. The molecule has 3 N–H and O–H groups in total. The van der Waals surface area contributed by atoms with Gasteiger partial charge in [-0.25, -0.2) is 4.79 Å². The van der Waals surface area contributed by atoms with Gasteiger partial charge in [0.15, 0.2) is 11.5 Å². The number of Topliss-reactive ketones (excluding diaryl/α,β-unsaturated/α-hetero) is 1. The number of aromatic carboxylic acids is 1. The summed E-state index contributed by atoms with van der Waals surface area (Å²) in [6.07, 6.45) is 1.12. The molecule has 22 heavy (non-hydrogen) atoms. The van der Waals surface area contributed by atoms with Gasteiger partial charge in [-0.3, -0.25) is 9.59 Å². The molecule has 2 aliphatic heterocycles. The van der Waals surface area contributed by atoms with E-state index in [2.05, 4.69) is 0 Å². The van der Waals surface area contributed by atoms with Crippen molar-refractivity contribution in [2.24, 2.45) is 0 Å². The van der Waals surface area contributed by atoms with Crippen molar-refractivity contribution in [3.8, 4) is 17.2 Å². The first-order chi connectivity index (χ1) is 10.3. The minimum atomic E-state index is -1.98. The first kappa shape index (κ1) is 13.9. The van der Waals surface area contributed by atoms with E-state index in [1.807, 2.05) is 0 Å². The third kappa shape index (κ3) is 1.60. The molecule has 0 amide bonds. The van der Waals surface area contributed by atoms with Crippen molar-refractivity contribution in [2.75, 3.05) is 6.61 Å². The topological polar surface area (TPSA) is 130 Å². The quantitative estimate of drug-likeness (QED) is 0.508. The Kier molecular flexibility index (Phi) is 2.68. The predicted octanol–water partition coefficient (Wildman–Crippen LogP) is 0.613. The summed E-state index contributed by atoms with van der Waals surface area (Å²) in [6, 6.07) is 0.918. The van der Waals surface area contributed by atoms with E-state index in [9.17, 15) is 29.7 Å². The van der Waals surface area contributed by atoms with Gasteiger partial charge in [0.2, 0.25) is 11.6 Å². The molecule has 1 aromatic rings. The Morgan fingerprint density at radius 2 is 2.00 bits per heavy atom. The molecule has 8 nitrogen and oxygen atoms in total. The van der Waals surface area contributed by atoms with E-state index in [0.717, 1.165) is 12.1 Å². The molecule has 0 fully saturated rings. The van der Waals surface area contributed by atoms with Gasteiger partial charge in [-0.2, -0.15) is 0 Å². The monoisotopic (exact) mass is 306 g/mol. The first-order valence-electron chi connectivity index (χ1n) is 6.19. The van der Waals surface area contributed by atoms with E-state index < -0.39 is 52.4 Å². The zero-order valence-electron chi connectivity index (χ0n) is 11.2. The summed E-state index contributed by atoms with van der Waals surface area (Å²) >= 11 is 0. The number of phenols is 2. The van der Waals surface area contributed by atoms with E-state index >= 15 is 0 Å². The highest BCUT2D eigenvalue weighted by molar-refractivity contribution is 6.26. The van der Waals surface area contributed by atoms with Gasteiger partial charge in [0, 0.05) is 12.1 Å². The number of ether oxygens (including phenoxy) is 2. The average Bonchev–Trinajstić information content (AvgIpc) is 2.72. The van der Waals surface area contributed by atoms with E-state index in [-0.39, 0.29) is 11.5 Å². The second-order valence-electron chi connectivity index (χ2n) is 4.96. The molecule has 1 aromatic carbocycles. The van der Waals surface area contributed by atoms with Crippen molar-refractivity contribution in [3.05, 3.63) is 29.0 Å². The molecule has 0 bridgehead atoms. The SMILES string of the molecule is CC1=CC(=O)C2(COc3cc(O)c(O)c(C(=O)O)c3C2=O)O1. The highest BCUT2D eigenvalue weighted by Crippen LogP contribution is 2.44. The Bertz CT molecular complexity index is 776. The van der Waals surface area contributed by atoms with Gasteiger partial charge in [-0.1, -0.05) is 0 Å². The van der Waals surface area contributed by atoms with Crippen LogP contribution in [0.1, 0.15) is 27.6 Å². The summed E-state index contributed by atoms with van der Waals surface area (Å²) in [6.45, 7) is 1.02. The molecule has 2 aliphatic rings. The zero-order valence-corrected chi connectivity index (χ0v) is 11.2. The lowest BCUT2D eigenvalue weighted by Crippen LogP contribution is -2.53. The molecular weight excluding hydrogens is 296 g/mol. The molecule has 1 atom stereocenters. The van der Waals surface area contributed by atoms with Crippen LogP contribution in [-0.2, 0) is 9.53 Å². The van der Waals surface area contributed by atoms with Crippen molar-refractivity contribution in [1.82, 2.24) is 0 Å². The van der Waals surface area contributed by atoms with Crippen molar-refractivity contribution >= 4 is 17.5 Å². The van der Waals surface area contributed by atoms with Crippen LogP contribution in [0.25, 0.3) is 0 Å². The standard InChI is InChI=1S/C14H10O8/c1-5-2-8(16)14(22-5)4-21-7-3-6(15)11(17)10(13(19)20)9(7)12(14)18/h2-3,15,17H,4H2,1H3,(H,19,20). The number of carboxylic acids is 1. The van der Waals surface area contributed by atoms with Crippen LogP contribution in [0.4, 0.5) is 0 Å². The van der Waals surface area contributed by atoms with Crippen molar-refractivity contribution in [3.63, 3.8) is 0 Å². The number of hydrogen-bond acceptors (Lipinski definition) is 7. The Balaban J connectivity index is 2.24. The van der Waals surface area contributed by atoms with Crippen LogP contribution in [0.2, 0.25) is 0 Å². The van der Waals surface area contributed by atoms with Crippen molar-refractivity contribution < 1.29 is 39.2 Å². The van der Waals surface area contributed by atoms with Crippen LogP contribution in [0.15, 0.2) is 17.9 Å². The van der Waals surface area contributed by atoms with Crippen molar-refractivity contribution in [2.45, 2.75) is 12.5 Å². The highest BCUT2D eigenvalue weighted by Gasteiger charge is 2.56. The number of rotatable bonds is 1. The first-order valence-corrected chi connectivity index (χ1v) is 6.19. The van der Waals surface area contributed by atoms with Crippen LogP contribution >= 0.6 is 0 Å². The molecule has 3 rings (SSSR count). The number of carboxylic acid groups (broad SMARTS) is 1. The molecule has 0 saturated carbocycles. The summed E-state index contributed by atoms with van der Waals surface area (Å²) < 4.78 is 10.5. The Hall–Kier alpha value is -3.03. The zero-order chi connectivity index (χ0) is 16.2. The lowest BCUT2D eigenvalue weighted by molar-refractivity contribution is -0.128. The van der Waals surface area contributed by atoms with Gasteiger partial charge in [0.25, 0.3) is 5.60 Å². The summed E-state index contributed by atoms with van der Waals surface area (Å²) in [4.78, 5) is 36.0. The molecule has 8 heteroatoms. The minimum Gasteiger partial charge on any atom is -0.504 e. The third-order valence-electron chi connectivity index (χ3n) is 3.55. The van der Waals surface area contributed by atoms with Gasteiger partial charge < -0.3 is 24.8 Å². The average molecular weight is 306 g/mol. The summed E-state index contributed by atoms with van der Waals surface area (Å²) in [5, 5.41) is 28.4. The number of hydrogen-bond donors (Lipinski definition) is 3. The Labute approximate surface area is 123 Å². The van der Waals surface area contributed by atoms with Gasteiger partial charge >= 0.3 is 5.97 Å². The highest BCUT2D eigenvalue weighted by atomic mass is 16.6. The van der Waals surface area contributed by atoms with Gasteiger partial charge in [-0.15, -0.1) is 0 Å². The number of carbonyl (C=O) groups excluding carboxylic acids is 2. The summed E-state index contributed by atoms with van der Waals surface area (Å²) in [5.41, 5.74) is -3.32. The van der Waals surface area contributed by atoms with E-state index in [1.165, 1.54) is 6.92 Å². The molecular formula is C14H10O8. The fourth-order valence-electron chi connectivity index (χ4n) is 2.54. The Morgan fingerprint density at radius 1 is 1.32 bits per heavy atom. The lowest BCUT2D eigenvalue weighted by atomic mass is 9.85. The van der Waals surface area contributed by atoms with Gasteiger partial charge in [-0.05, 0) is 6.92 Å². The van der Waals surface area contributed by atoms with Crippen LogP contribution < -0.4 is 4.74 Å². The smallest absolute Gasteiger partial charge is 0.340 e. The molecule has 1 spiro atoms. The molecule has 1 unspecified atom stereocenters. The fourth-order valence-corrected chi connectivity index (χ4v) is 2.54. The molecule has 0 saturated heterocycles. The predicted molar refractivity (Wildman–Crippen MR) is 69.1 cm³/mol. The maximum absolute atomic E-state index is 12.7. The van der Waals surface area contributed by atoms with E-state index in [4.69, 9.17) is 9.47 Å². The molecule has 0 aromatic heterocycles. The number of aromatic hydroxyl groups is 2. The third-order valence-corrected chi connectivity index (χ3v) is 3.55. The summed E-state index contributed by atoms with van der Waals surface area (Å²) in [5.74, 6) is -4.99.